The van der Waals surface area contributed by atoms with Gasteiger partial charge in [0, 0.05) is 11.4 Å². The summed E-state index contributed by atoms with van der Waals surface area (Å²) >= 11 is 1.48. The smallest absolute Gasteiger partial charge is 0.214 e. The van der Waals surface area contributed by atoms with Gasteiger partial charge >= 0.3 is 0 Å². The van der Waals surface area contributed by atoms with Crippen molar-refractivity contribution in [3.8, 4) is 0 Å². The number of nitrogens with one attached hydrogen (secondary N) is 1. The van der Waals surface area contributed by atoms with Crippen molar-refractivity contribution >= 4 is 21.4 Å². The SMILES string of the molecule is O=S(=O)(NCC[C@@H](O)c1cccs1)C1CC1. The Balaban J connectivity index is 1.76. The molecule has 1 aliphatic carbocycles. The first-order chi connectivity index (χ1) is 7.59. The number of hydrogen-bond acceptors (Lipinski definition) is 4. The fourth-order valence-corrected chi connectivity index (χ4v) is 3.60. The Bertz CT molecular complexity index is 423. The fourth-order valence-electron chi connectivity index (χ4n) is 1.46. The predicted octanol–water partition coefficient (Wildman–Crippen LogP) is 1.25. The molecule has 0 unspecified atom stereocenters. The van der Waals surface area contributed by atoms with E-state index in [0.717, 1.165) is 17.7 Å². The van der Waals surface area contributed by atoms with Crippen LogP contribution in [0, 0.1) is 0 Å². The zero-order chi connectivity index (χ0) is 11.6. The fraction of sp³-hybridized carbons (Fsp3) is 0.600. The van der Waals surface area contributed by atoms with Crippen molar-refractivity contribution in [2.75, 3.05) is 6.54 Å². The van der Waals surface area contributed by atoms with E-state index in [0.29, 0.717) is 13.0 Å². The predicted molar refractivity (Wildman–Crippen MR) is 63.8 cm³/mol. The molecule has 0 saturated heterocycles. The average Bonchev–Trinajstić information content (AvgIpc) is 2.95. The summed E-state index contributed by atoms with van der Waals surface area (Å²) in [6.45, 7) is 0.303. The van der Waals surface area contributed by atoms with E-state index in [4.69, 9.17) is 0 Å². The molecule has 1 aliphatic rings. The monoisotopic (exact) mass is 261 g/mol. The molecule has 16 heavy (non-hydrogen) atoms. The van der Waals surface area contributed by atoms with Gasteiger partial charge in [-0.05, 0) is 30.7 Å². The summed E-state index contributed by atoms with van der Waals surface area (Å²) in [7, 11) is -3.11. The van der Waals surface area contributed by atoms with Crippen molar-refractivity contribution in [3.63, 3.8) is 0 Å². The van der Waals surface area contributed by atoms with E-state index in [9.17, 15) is 13.5 Å². The highest BCUT2D eigenvalue weighted by Crippen LogP contribution is 2.27. The highest BCUT2D eigenvalue weighted by Gasteiger charge is 2.35. The summed E-state index contributed by atoms with van der Waals surface area (Å²) in [4.78, 5) is 0.880. The quantitative estimate of drug-likeness (QED) is 0.810. The molecule has 0 amide bonds. The molecule has 0 aliphatic heterocycles. The van der Waals surface area contributed by atoms with Gasteiger partial charge in [-0.3, -0.25) is 0 Å². The molecule has 4 nitrogen and oxygen atoms in total. The molecule has 2 N–H and O–H groups in total. The first kappa shape index (κ1) is 12.0. The van der Waals surface area contributed by atoms with E-state index in [-0.39, 0.29) is 5.25 Å². The lowest BCUT2D eigenvalue weighted by molar-refractivity contribution is 0.173. The number of sulfonamides is 1. The van der Waals surface area contributed by atoms with Gasteiger partial charge in [0.15, 0.2) is 0 Å². The van der Waals surface area contributed by atoms with Crippen LogP contribution in [0.5, 0.6) is 0 Å². The molecular weight excluding hydrogens is 246 g/mol. The van der Waals surface area contributed by atoms with Gasteiger partial charge in [-0.2, -0.15) is 0 Å². The molecule has 1 fully saturated rings. The van der Waals surface area contributed by atoms with Crippen LogP contribution in [-0.2, 0) is 10.0 Å². The number of hydrogen-bond donors (Lipinski definition) is 2. The number of aliphatic hydroxyl groups excluding tert-OH is 1. The number of aliphatic hydroxyl groups is 1. The molecule has 1 aromatic rings. The second-order valence-corrected chi connectivity index (χ2v) is 6.98. The van der Waals surface area contributed by atoms with Crippen molar-refractivity contribution in [1.29, 1.82) is 0 Å². The molecule has 6 heteroatoms. The maximum atomic E-state index is 11.5. The molecule has 0 radical (unpaired) electrons. The Kier molecular flexibility index (Phi) is 3.63. The van der Waals surface area contributed by atoms with Crippen molar-refractivity contribution < 1.29 is 13.5 Å². The van der Waals surface area contributed by atoms with Crippen LogP contribution in [-0.4, -0.2) is 25.3 Å². The zero-order valence-electron chi connectivity index (χ0n) is 8.80. The Labute approximate surface area is 99.4 Å². The van der Waals surface area contributed by atoms with Gasteiger partial charge < -0.3 is 5.11 Å². The summed E-state index contributed by atoms with van der Waals surface area (Å²) in [5.74, 6) is 0. The van der Waals surface area contributed by atoms with E-state index < -0.39 is 16.1 Å². The summed E-state index contributed by atoms with van der Waals surface area (Å²) < 4.78 is 25.5. The van der Waals surface area contributed by atoms with Gasteiger partial charge in [0.05, 0.1) is 11.4 Å². The third-order valence-electron chi connectivity index (χ3n) is 2.56. The highest BCUT2D eigenvalue weighted by atomic mass is 32.2. The number of rotatable bonds is 6. The van der Waals surface area contributed by atoms with Crippen molar-refractivity contribution in [2.24, 2.45) is 0 Å². The summed E-state index contributed by atoms with van der Waals surface area (Å²) in [5, 5.41) is 11.4. The van der Waals surface area contributed by atoms with Gasteiger partial charge in [-0.25, -0.2) is 13.1 Å². The van der Waals surface area contributed by atoms with E-state index in [1.165, 1.54) is 11.3 Å². The second kappa shape index (κ2) is 4.83. The van der Waals surface area contributed by atoms with Crippen LogP contribution in [0.2, 0.25) is 0 Å². The first-order valence-electron chi connectivity index (χ1n) is 5.29. The molecular formula is C10H15NO3S2. The van der Waals surface area contributed by atoms with Crippen LogP contribution in [0.25, 0.3) is 0 Å². The van der Waals surface area contributed by atoms with Crippen molar-refractivity contribution in [2.45, 2.75) is 30.6 Å². The van der Waals surface area contributed by atoms with Crippen LogP contribution < -0.4 is 4.72 Å². The molecule has 1 saturated carbocycles. The van der Waals surface area contributed by atoms with Crippen LogP contribution in [0.4, 0.5) is 0 Å². The van der Waals surface area contributed by atoms with Crippen molar-refractivity contribution in [3.05, 3.63) is 22.4 Å². The Morgan fingerprint density at radius 2 is 2.31 bits per heavy atom. The molecule has 0 spiro atoms. The van der Waals surface area contributed by atoms with E-state index >= 15 is 0 Å². The molecule has 0 bridgehead atoms. The largest absolute Gasteiger partial charge is 0.388 e. The standard InChI is InChI=1S/C10H15NO3S2/c12-9(10-2-1-7-15-10)5-6-11-16(13,14)8-3-4-8/h1-2,7-9,11-12H,3-6H2/t9-/m1/s1. The minimum atomic E-state index is -3.11. The molecule has 1 heterocycles. The lowest BCUT2D eigenvalue weighted by Crippen LogP contribution is -2.28. The highest BCUT2D eigenvalue weighted by molar-refractivity contribution is 7.90. The maximum absolute atomic E-state index is 11.5. The lowest BCUT2D eigenvalue weighted by atomic mass is 10.2. The summed E-state index contributed by atoms with van der Waals surface area (Å²) in [5.41, 5.74) is 0. The topological polar surface area (TPSA) is 66.4 Å². The van der Waals surface area contributed by atoms with Crippen LogP contribution >= 0.6 is 11.3 Å². The summed E-state index contributed by atoms with van der Waals surface area (Å²) in [6.07, 6.45) is 1.39. The van der Waals surface area contributed by atoms with E-state index in [1.54, 1.807) is 0 Å². The van der Waals surface area contributed by atoms with E-state index in [2.05, 4.69) is 4.72 Å². The second-order valence-electron chi connectivity index (χ2n) is 3.96. The maximum Gasteiger partial charge on any atom is 0.214 e. The normalized spacial score (nSPS) is 18.6. The third kappa shape index (κ3) is 3.04. The Morgan fingerprint density at radius 1 is 1.56 bits per heavy atom. The zero-order valence-corrected chi connectivity index (χ0v) is 10.4. The molecule has 90 valence electrons. The van der Waals surface area contributed by atoms with Gasteiger partial charge in [-0.1, -0.05) is 6.07 Å². The molecule has 1 atom stereocenters. The Hall–Kier alpha value is -0.430. The minimum absolute atomic E-state index is 0.189. The van der Waals surface area contributed by atoms with E-state index in [1.807, 2.05) is 17.5 Å². The van der Waals surface area contributed by atoms with Crippen LogP contribution in [0.3, 0.4) is 0 Å². The molecule has 1 aromatic heterocycles. The minimum Gasteiger partial charge on any atom is -0.388 e. The van der Waals surface area contributed by atoms with Gasteiger partial charge in [-0.15, -0.1) is 11.3 Å². The van der Waals surface area contributed by atoms with Crippen molar-refractivity contribution in [1.82, 2.24) is 4.72 Å². The molecule has 0 aromatic carbocycles. The number of thiophene rings is 1. The lowest BCUT2D eigenvalue weighted by Gasteiger charge is -2.09. The molecule has 2 rings (SSSR count). The third-order valence-corrected chi connectivity index (χ3v) is 5.48. The van der Waals surface area contributed by atoms with Crippen LogP contribution in [0.1, 0.15) is 30.2 Å². The average molecular weight is 261 g/mol. The van der Waals surface area contributed by atoms with Gasteiger partial charge in [0.2, 0.25) is 10.0 Å². The Morgan fingerprint density at radius 3 is 2.88 bits per heavy atom. The van der Waals surface area contributed by atoms with Crippen LogP contribution in [0.15, 0.2) is 17.5 Å². The van der Waals surface area contributed by atoms with Gasteiger partial charge in [0.25, 0.3) is 0 Å². The first-order valence-corrected chi connectivity index (χ1v) is 7.72. The summed E-state index contributed by atoms with van der Waals surface area (Å²) in [6, 6.07) is 3.72. The van der Waals surface area contributed by atoms with Gasteiger partial charge in [0.1, 0.15) is 0 Å².